The van der Waals surface area contributed by atoms with Crippen molar-refractivity contribution in [2.75, 3.05) is 26.0 Å². The van der Waals surface area contributed by atoms with Crippen LogP contribution in [0.1, 0.15) is 6.42 Å². The molecule has 2 N–H and O–H groups in total. The topological polar surface area (TPSA) is 91.8 Å². The third-order valence-corrected chi connectivity index (χ3v) is 2.78. The highest BCUT2D eigenvalue weighted by atomic mass is 32.1. The zero-order chi connectivity index (χ0) is 12.8. The maximum atomic E-state index is 11.6. The summed E-state index contributed by atoms with van der Waals surface area (Å²) in [5, 5.41) is 12.0. The number of hydrogen-bond donors (Lipinski definition) is 2. The lowest BCUT2D eigenvalue weighted by molar-refractivity contribution is -0.137. The first kappa shape index (κ1) is 13.2. The Kier molecular flexibility index (Phi) is 4.70. The van der Waals surface area contributed by atoms with Crippen molar-refractivity contribution in [3.05, 3.63) is 6.20 Å². The first-order valence-electron chi connectivity index (χ1n) is 4.76. The smallest absolute Gasteiger partial charge is 0.323 e. The summed E-state index contributed by atoms with van der Waals surface area (Å²) in [6, 6.07) is -0.400. The van der Waals surface area contributed by atoms with E-state index >= 15 is 0 Å². The van der Waals surface area contributed by atoms with Crippen molar-refractivity contribution in [2.45, 2.75) is 6.42 Å². The van der Waals surface area contributed by atoms with Crippen LogP contribution >= 0.6 is 11.3 Å². The second-order valence-corrected chi connectivity index (χ2v) is 4.18. The van der Waals surface area contributed by atoms with Gasteiger partial charge in [-0.1, -0.05) is 11.3 Å². The minimum Gasteiger partial charge on any atom is -0.486 e. The minimum atomic E-state index is -0.944. The summed E-state index contributed by atoms with van der Waals surface area (Å²) in [6.07, 6.45) is 1.41. The third-order valence-electron chi connectivity index (χ3n) is 1.91. The van der Waals surface area contributed by atoms with Crippen LogP contribution in [0.25, 0.3) is 0 Å². The van der Waals surface area contributed by atoms with Crippen molar-refractivity contribution >= 4 is 28.5 Å². The number of ether oxygens (including phenoxy) is 1. The quantitative estimate of drug-likeness (QED) is 0.825. The van der Waals surface area contributed by atoms with Crippen LogP contribution < -0.4 is 10.1 Å². The van der Waals surface area contributed by atoms with Crippen molar-refractivity contribution in [1.29, 1.82) is 0 Å². The maximum absolute atomic E-state index is 11.6. The molecular weight excluding hydrogens is 246 g/mol. The van der Waals surface area contributed by atoms with Gasteiger partial charge < -0.3 is 14.7 Å². The minimum absolute atomic E-state index is 0.0922. The molecule has 0 saturated carbocycles. The van der Waals surface area contributed by atoms with Crippen molar-refractivity contribution in [3.63, 3.8) is 0 Å². The summed E-state index contributed by atoms with van der Waals surface area (Å²) in [5.74, 6) is -0.944. The van der Waals surface area contributed by atoms with Gasteiger partial charge in [0.2, 0.25) is 0 Å². The van der Waals surface area contributed by atoms with Gasteiger partial charge in [-0.2, -0.15) is 0 Å². The van der Waals surface area contributed by atoms with Crippen molar-refractivity contribution in [2.24, 2.45) is 0 Å². The Morgan fingerprint density at radius 1 is 1.65 bits per heavy atom. The number of hydrogen-bond acceptors (Lipinski definition) is 5. The van der Waals surface area contributed by atoms with Gasteiger partial charge in [-0.05, 0) is 0 Å². The second kappa shape index (κ2) is 6.04. The third kappa shape index (κ3) is 4.27. The predicted octanol–water partition coefficient (Wildman–Crippen LogP) is 1.09. The molecule has 0 atom stereocenters. The van der Waals surface area contributed by atoms with Gasteiger partial charge in [-0.15, -0.1) is 0 Å². The summed E-state index contributed by atoms with van der Waals surface area (Å²) in [7, 11) is 3.03. The molecule has 0 saturated heterocycles. The number of thiazole rings is 1. The number of anilines is 1. The number of methoxy groups -OCH3 is 1. The van der Waals surface area contributed by atoms with E-state index in [9.17, 15) is 9.59 Å². The van der Waals surface area contributed by atoms with Gasteiger partial charge in [0.05, 0.1) is 19.7 Å². The summed E-state index contributed by atoms with van der Waals surface area (Å²) in [6.45, 7) is 0.143. The molecule has 0 aliphatic rings. The number of rotatable bonds is 5. The molecule has 0 fully saturated rings. The molecule has 1 aromatic rings. The van der Waals surface area contributed by atoms with Gasteiger partial charge in [-0.25, -0.2) is 9.78 Å². The molecular formula is C9H13N3O4S. The Morgan fingerprint density at radius 3 is 2.88 bits per heavy atom. The van der Waals surface area contributed by atoms with E-state index in [0.29, 0.717) is 10.2 Å². The number of nitrogens with zero attached hydrogens (tertiary/aromatic N) is 2. The number of aromatic nitrogens is 1. The van der Waals surface area contributed by atoms with Crippen LogP contribution in [-0.4, -0.2) is 47.7 Å². The van der Waals surface area contributed by atoms with Crippen LogP contribution in [0.2, 0.25) is 0 Å². The van der Waals surface area contributed by atoms with Crippen molar-refractivity contribution in [1.82, 2.24) is 9.88 Å². The zero-order valence-electron chi connectivity index (χ0n) is 9.47. The zero-order valence-corrected chi connectivity index (χ0v) is 10.3. The Morgan fingerprint density at radius 2 is 2.35 bits per heavy atom. The maximum Gasteiger partial charge on any atom is 0.323 e. The molecule has 1 rings (SSSR count). The molecule has 1 aromatic heterocycles. The Labute approximate surface area is 102 Å². The molecule has 94 valence electrons. The lowest BCUT2D eigenvalue weighted by atomic mass is 10.4. The first-order valence-corrected chi connectivity index (χ1v) is 5.58. The molecule has 7 nitrogen and oxygen atoms in total. The molecule has 1 heterocycles. The van der Waals surface area contributed by atoms with Crippen LogP contribution in [0.4, 0.5) is 9.93 Å². The highest BCUT2D eigenvalue weighted by molar-refractivity contribution is 7.17. The average molecular weight is 259 g/mol. The van der Waals surface area contributed by atoms with Crippen LogP contribution in [0.5, 0.6) is 5.06 Å². The molecule has 0 aliphatic heterocycles. The van der Waals surface area contributed by atoms with E-state index in [1.54, 1.807) is 0 Å². The van der Waals surface area contributed by atoms with E-state index in [1.165, 1.54) is 36.6 Å². The molecule has 0 unspecified atom stereocenters. The largest absolute Gasteiger partial charge is 0.486 e. The standard InChI is InChI=1S/C9H13N3O4S/c1-12(4-3-6(13)14)9(15)11-8-10-5-7(16-2)17-8/h5H,3-4H2,1-2H3,(H,13,14)(H,10,11,15). The van der Waals surface area contributed by atoms with Gasteiger partial charge in [0.25, 0.3) is 0 Å². The lowest BCUT2D eigenvalue weighted by Crippen LogP contribution is -2.33. The summed E-state index contributed by atoms with van der Waals surface area (Å²) < 4.78 is 4.93. The molecule has 0 spiro atoms. The van der Waals surface area contributed by atoms with Crippen LogP contribution in [0.3, 0.4) is 0 Å². The molecule has 8 heteroatoms. The van der Waals surface area contributed by atoms with Gasteiger partial charge >= 0.3 is 12.0 Å². The van der Waals surface area contributed by atoms with Gasteiger partial charge in [0, 0.05) is 13.6 Å². The fraction of sp³-hybridized carbons (Fsp3) is 0.444. The number of carboxylic acids is 1. The Hall–Kier alpha value is -1.83. The fourth-order valence-electron chi connectivity index (χ4n) is 0.963. The van der Waals surface area contributed by atoms with Crippen LogP contribution in [0.15, 0.2) is 6.20 Å². The average Bonchev–Trinajstić information content (AvgIpc) is 2.73. The molecule has 0 aromatic carbocycles. The van der Waals surface area contributed by atoms with E-state index in [0.717, 1.165) is 0 Å². The molecule has 0 bridgehead atoms. The predicted molar refractivity (Wildman–Crippen MR) is 62.6 cm³/mol. The number of carbonyl (C=O) groups is 2. The second-order valence-electron chi connectivity index (χ2n) is 3.18. The molecule has 0 aliphatic carbocycles. The molecule has 0 radical (unpaired) electrons. The molecule has 17 heavy (non-hydrogen) atoms. The number of aliphatic carboxylic acids is 1. The fourth-order valence-corrected chi connectivity index (χ4v) is 1.59. The van der Waals surface area contributed by atoms with Crippen LogP contribution in [-0.2, 0) is 4.79 Å². The van der Waals surface area contributed by atoms with E-state index in [1.807, 2.05) is 0 Å². The van der Waals surface area contributed by atoms with Gasteiger partial charge in [0.1, 0.15) is 0 Å². The van der Waals surface area contributed by atoms with Crippen LogP contribution in [0, 0.1) is 0 Å². The number of nitrogens with one attached hydrogen (secondary N) is 1. The number of carboxylic acid groups (broad SMARTS) is 1. The van der Waals surface area contributed by atoms with E-state index in [4.69, 9.17) is 9.84 Å². The highest BCUT2D eigenvalue weighted by Gasteiger charge is 2.12. The van der Waals surface area contributed by atoms with E-state index in [-0.39, 0.29) is 13.0 Å². The van der Waals surface area contributed by atoms with E-state index < -0.39 is 12.0 Å². The highest BCUT2D eigenvalue weighted by Crippen LogP contribution is 2.24. The van der Waals surface area contributed by atoms with Gasteiger partial charge in [0.15, 0.2) is 10.2 Å². The SMILES string of the molecule is COc1cnc(NC(=O)N(C)CCC(=O)O)s1. The first-order chi connectivity index (χ1) is 8.02. The monoisotopic (exact) mass is 259 g/mol. The van der Waals surface area contributed by atoms with E-state index in [2.05, 4.69) is 10.3 Å². The lowest BCUT2D eigenvalue weighted by Gasteiger charge is -2.15. The summed E-state index contributed by atoms with van der Waals surface area (Å²) in [5.41, 5.74) is 0. The number of urea groups is 1. The Balaban J connectivity index is 2.45. The Bertz CT molecular complexity index is 407. The number of amides is 2. The van der Waals surface area contributed by atoms with Crippen molar-refractivity contribution < 1.29 is 19.4 Å². The normalized spacial score (nSPS) is 9.76. The van der Waals surface area contributed by atoms with Gasteiger partial charge in [-0.3, -0.25) is 10.1 Å². The van der Waals surface area contributed by atoms with Crippen molar-refractivity contribution in [3.8, 4) is 5.06 Å². The summed E-state index contributed by atoms with van der Waals surface area (Å²) >= 11 is 1.19. The summed E-state index contributed by atoms with van der Waals surface area (Å²) in [4.78, 5) is 27.1. The number of carbonyl (C=O) groups excluding carboxylic acids is 1. The molecule has 2 amide bonds.